The molecule has 8 nitrogen and oxygen atoms in total. The SMILES string of the molecule is CON(C)S(=O)(=O)c1cccc(C(=O)OCC(=O)NC(C)c2ccc(C)c(C)c2)c1. The Morgan fingerprint density at radius 3 is 2.43 bits per heavy atom. The van der Waals surface area contributed by atoms with Crippen molar-refractivity contribution < 1.29 is 27.6 Å². The van der Waals surface area contributed by atoms with Crippen LogP contribution >= 0.6 is 0 Å². The molecule has 9 heteroatoms. The molecule has 0 aromatic heterocycles. The highest BCUT2D eigenvalue weighted by atomic mass is 32.2. The molecule has 1 unspecified atom stereocenters. The number of benzene rings is 2. The number of hydrogen-bond donors (Lipinski definition) is 1. The summed E-state index contributed by atoms with van der Waals surface area (Å²) in [7, 11) is -1.45. The standard InChI is InChI=1S/C21H26N2O6S/c1-14-9-10-17(11-15(14)2)16(3)22-20(24)13-29-21(25)18-7-6-8-19(12-18)30(26,27)23(4)28-5/h6-12,16H,13H2,1-5H3,(H,22,24). The van der Waals surface area contributed by atoms with E-state index in [4.69, 9.17) is 9.57 Å². The molecule has 30 heavy (non-hydrogen) atoms. The van der Waals surface area contributed by atoms with Crippen LogP contribution in [0.15, 0.2) is 47.4 Å². The number of hydroxylamine groups is 1. The second kappa shape index (κ2) is 9.84. The van der Waals surface area contributed by atoms with Gasteiger partial charge in [-0.3, -0.25) is 9.63 Å². The predicted molar refractivity (Wildman–Crippen MR) is 111 cm³/mol. The van der Waals surface area contributed by atoms with Gasteiger partial charge in [0.25, 0.3) is 15.9 Å². The number of nitrogens with one attached hydrogen (secondary N) is 1. The fraction of sp³-hybridized carbons (Fsp3) is 0.333. The fourth-order valence-corrected chi connectivity index (χ4v) is 3.66. The van der Waals surface area contributed by atoms with Gasteiger partial charge in [0.2, 0.25) is 0 Å². The highest BCUT2D eigenvalue weighted by molar-refractivity contribution is 7.89. The van der Waals surface area contributed by atoms with Crippen LogP contribution in [0.3, 0.4) is 0 Å². The molecule has 1 atom stereocenters. The third-order valence-corrected chi connectivity index (χ3v) is 6.38. The van der Waals surface area contributed by atoms with E-state index in [1.165, 1.54) is 38.4 Å². The Bertz CT molecular complexity index is 1040. The van der Waals surface area contributed by atoms with Gasteiger partial charge in [-0.25, -0.2) is 13.2 Å². The van der Waals surface area contributed by atoms with Gasteiger partial charge in [-0.2, -0.15) is 0 Å². The lowest BCUT2D eigenvalue weighted by atomic mass is 10.0. The van der Waals surface area contributed by atoms with Gasteiger partial charge in [0.05, 0.1) is 23.6 Å². The average Bonchev–Trinajstić information content (AvgIpc) is 2.73. The lowest BCUT2D eigenvalue weighted by molar-refractivity contribution is -0.124. The Balaban J connectivity index is 1.99. The molecule has 0 saturated carbocycles. The molecule has 1 amide bonds. The number of amides is 1. The summed E-state index contributed by atoms with van der Waals surface area (Å²) in [6.07, 6.45) is 0. The number of hydrogen-bond acceptors (Lipinski definition) is 6. The number of carbonyl (C=O) groups excluding carboxylic acids is 2. The van der Waals surface area contributed by atoms with Crippen molar-refractivity contribution in [3.8, 4) is 0 Å². The van der Waals surface area contributed by atoms with Gasteiger partial charge in [0, 0.05) is 7.05 Å². The highest BCUT2D eigenvalue weighted by Gasteiger charge is 2.22. The van der Waals surface area contributed by atoms with Crippen molar-refractivity contribution in [2.75, 3.05) is 20.8 Å². The van der Waals surface area contributed by atoms with Crippen LogP contribution in [0.4, 0.5) is 0 Å². The molecule has 0 aliphatic carbocycles. The minimum absolute atomic E-state index is 0.00980. The quantitative estimate of drug-likeness (QED) is 0.506. The lowest BCUT2D eigenvalue weighted by Gasteiger charge is -2.16. The van der Waals surface area contributed by atoms with Crippen LogP contribution in [0.1, 0.15) is 40.0 Å². The largest absolute Gasteiger partial charge is 0.452 e. The first-order valence-electron chi connectivity index (χ1n) is 9.23. The lowest BCUT2D eigenvalue weighted by Crippen LogP contribution is -2.31. The number of sulfonamides is 1. The van der Waals surface area contributed by atoms with Gasteiger partial charge in [-0.15, -0.1) is 0 Å². The van der Waals surface area contributed by atoms with E-state index in [1.54, 1.807) is 0 Å². The van der Waals surface area contributed by atoms with Crippen molar-refractivity contribution in [1.29, 1.82) is 0 Å². The molecule has 0 bridgehead atoms. The molecule has 2 aromatic carbocycles. The van der Waals surface area contributed by atoms with Gasteiger partial charge in [-0.05, 0) is 55.7 Å². The van der Waals surface area contributed by atoms with Gasteiger partial charge >= 0.3 is 5.97 Å². The Morgan fingerprint density at radius 1 is 1.10 bits per heavy atom. The summed E-state index contributed by atoms with van der Waals surface area (Å²) in [5, 5.41) is 2.77. The number of carbonyl (C=O) groups is 2. The molecule has 1 N–H and O–H groups in total. The van der Waals surface area contributed by atoms with E-state index in [-0.39, 0.29) is 16.5 Å². The first-order valence-corrected chi connectivity index (χ1v) is 10.7. The fourth-order valence-electron chi connectivity index (χ4n) is 2.64. The monoisotopic (exact) mass is 434 g/mol. The van der Waals surface area contributed by atoms with Crippen molar-refractivity contribution in [2.45, 2.75) is 31.7 Å². The van der Waals surface area contributed by atoms with Crippen LogP contribution in [-0.2, 0) is 24.4 Å². The molecule has 2 rings (SSSR count). The average molecular weight is 435 g/mol. The second-order valence-corrected chi connectivity index (χ2v) is 8.77. The summed E-state index contributed by atoms with van der Waals surface area (Å²) in [5.74, 6) is -1.27. The number of nitrogens with zero attached hydrogens (tertiary/aromatic N) is 1. The van der Waals surface area contributed by atoms with Crippen molar-refractivity contribution in [3.63, 3.8) is 0 Å². The van der Waals surface area contributed by atoms with Crippen LogP contribution in [0.2, 0.25) is 0 Å². The minimum atomic E-state index is -3.91. The Hall–Kier alpha value is -2.75. The Kier molecular flexibility index (Phi) is 7.71. The normalized spacial score (nSPS) is 12.5. The van der Waals surface area contributed by atoms with Crippen molar-refractivity contribution in [3.05, 3.63) is 64.7 Å². The zero-order valence-corrected chi connectivity index (χ0v) is 18.4. The number of aryl methyl sites for hydroxylation is 2. The number of esters is 1. The van der Waals surface area contributed by atoms with E-state index < -0.39 is 28.5 Å². The third kappa shape index (κ3) is 5.65. The van der Waals surface area contributed by atoms with Crippen molar-refractivity contribution in [1.82, 2.24) is 9.79 Å². The number of ether oxygens (including phenoxy) is 1. The van der Waals surface area contributed by atoms with Crippen LogP contribution in [0.25, 0.3) is 0 Å². The summed E-state index contributed by atoms with van der Waals surface area (Å²) < 4.78 is 30.3. The zero-order chi connectivity index (χ0) is 22.5. The third-order valence-electron chi connectivity index (χ3n) is 4.71. The Labute approximate surface area is 176 Å². The van der Waals surface area contributed by atoms with E-state index in [1.807, 2.05) is 39.0 Å². The van der Waals surface area contributed by atoms with Gasteiger partial charge < -0.3 is 10.1 Å². The maximum absolute atomic E-state index is 12.3. The van der Waals surface area contributed by atoms with Gasteiger partial charge in [-0.1, -0.05) is 28.7 Å². The second-order valence-electron chi connectivity index (χ2n) is 6.83. The first kappa shape index (κ1) is 23.5. The highest BCUT2D eigenvalue weighted by Crippen LogP contribution is 2.18. The predicted octanol–water partition coefficient (Wildman–Crippen LogP) is 2.52. The molecule has 0 aliphatic heterocycles. The van der Waals surface area contributed by atoms with Crippen LogP contribution in [-0.4, -0.2) is 45.5 Å². The van der Waals surface area contributed by atoms with Crippen molar-refractivity contribution >= 4 is 21.9 Å². The first-order chi connectivity index (χ1) is 14.1. The van der Waals surface area contributed by atoms with E-state index in [2.05, 4.69) is 5.32 Å². The summed E-state index contributed by atoms with van der Waals surface area (Å²) >= 11 is 0. The van der Waals surface area contributed by atoms with Crippen molar-refractivity contribution in [2.24, 2.45) is 0 Å². The van der Waals surface area contributed by atoms with E-state index >= 15 is 0 Å². The molecule has 0 spiro atoms. The van der Waals surface area contributed by atoms with Gasteiger partial charge in [0.15, 0.2) is 6.61 Å². The topological polar surface area (TPSA) is 102 Å². The van der Waals surface area contributed by atoms with E-state index in [0.29, 0.717) is 4.47 Å². The smallest absolute Gasteiger partial charge is 0.338 e. The summed E-state index contributed by atoms with van der Waals surface area (Å²) in [4.78, 5) is 29.0. The number of rotatable bonds is 8. The molecule has 0 saturated heterocycles. The zero-order valence-electron chi connectivity index (χ0n) is 17.6. The van der Waals surface area contributed by atoms with Crippen LogP contribution < -0.4 is 5.32 Å². The summed E-state index contributed by atoms with van der Waals surface area (Å²) in [6.45, 7) is 5.36. The molecule has 0 aliphatic rings. The summed E-state index contributed by atoms with van der Waals surface area (Å²) in [6, 6.07) is 11.0. The van der Waals surface area contributed by atoms with Crippen LogP contribution in [0.5, 0.6) is 0 Å². The van der Waals surface area contributed by atoms with E-state index in [0.717, 1.165) is 16.7 Å². The summed E-state index contributed by atoms with van der Waals surface area (Å²) in [5.41, 5.74) is 3.23. The minimum Gasteiger partial charge on any atom is -0.452 e. The Morgan fingerprint density at radius 2 is 1.80 bits per heavy atom. The maximum atomic E-state index is 12.3. The molecular formula is C21H26N2O6S. The van der Waals surface area contributed by atoms with Crippen LogP contribution in [0, 0.1) is 13.8 Å². The van der Waals surface area contributed by atoms with Gasteiger partial charge in [0.1, 0.15) is 0 Å². The molecular weight excluding hydrogens is 408 g/mol. The van der Waals surface area contributed by atoms with E-state index in [9.17, 15) is 18.0 Å². The molecule has 0 radical (unpaired) electrons. The molecule has 2 aromatic rings. The maximum Gasteiger partial charge on any atom is 0.338 e. The molecule has 0 fully saturated rings. The molecule has 162 valence electrons. The molecule has 0 heterocycles.